The molecule has 0 aliphatic heterocycles. The van der Waals surface area contributed by atoms with E-state index < -0.39 is 5.97 Å². The Morgan fingerprint density at radius 1 is 1.18 bits per heavy atom. The molecule has 7 heteroatoms. The molecule has 0 unspecified atom stereocenters. The topological polar surface area (TPSA) is 76.7 Å². The minimum atomic E-state index is -1.11. The number of nitrogens with zero attached hydrogens (tertiary/aromatic N) is 3. The molecule has 1 N–H and O–H groups in total. The predicted octanol–water partition coefficient (Wildman–Crippen LogP) is 4.35. The molecule has 3 heterocycles. The summed E-state index contributed by atoms with van der Waals surface area (Å²) in [5.74, 6) is -0.424. The average Bonchev–Trinajstić information content (AvgIpc) is 3.05. The highest BCUT2D eigenvalue weighted by Gasteiger charge is 2.17. The van der Waals surface area contributed by atoms with Crippen LogP contribution in [0.3, 0.4) is 0 Å². The van der Waals surface area contributed by atoms with E-state index in [-0.39, 0.29) is 5.69 Å². The lowest BCUT2D eigenvalue weighted by molar-refractivity contribution is 0.0690. The number of carboxylic acid groups (broad SMARTS) is 1. The van der Waals surface area contributed by atoms with Crippen LogP contribution in [0.4, 0.5) is 0 Å². The van der Waals surface area contributed by atoms with E-state index in [1.807, 2.05) is 42.5 Å². The monoisotopic (exact) mass is 393 g/mol. The standard InChI is InChI=1S/C21H16ClN3O3/c1-28-16-7-8-19-17(11-15-9-14(22)10-18(23-15)21(26)27)20(24-25(19)12-16)13-5-3-2-4-6-13/h2-10,12H,11H2,1H3,(H,26,27). The lowest BCUT2D eigenvalue weighted by Gasteiger charge is -2.06. The van der Waals surface area contributed by atoms with E-state index in [0.29, 0.717) is 22.9 Å². The molecular formula is C21H16ClN3O3. The first-order valence-electron chi connectivity index (χ1n) is 8.55. The molecule has 0 aliphatic carbocycles. The fraction of sp³-hybridized carbons (Fsp3) is 0.0952. The smallest absolute Gasteiger partial charge is 0.354 e. The van der Waals surface area contributed by atoms with E-state index in [0.717, 1.165) is 22.3 Å². The number of aromatic nitrogens is 3. The van der Waals surface area contributed by atoms with Gasteiger partial charge in [0.15, 0.2) is 0 Å². The summed E-state index contributed by atoms with van der Waals surface area (Å²) in [5, 5.41) is 14.3. The Kier molecular flexibility index (Phi) is 4.71. The fourth-order valence-corrected chi connectivity index (χ4v) is 3.37. The van der Waals surface area contributed by atoms with Gasteiger partial charge in [0.25, 0.3) is 0 Å². The zero-order chi connectivity index (χ0) is 19.7. The molecule has 0 amide bonds. The van der Waals surface area contributed by atoms with Gasteiger partial charge in [0.05, 0.1) is 24.5 Å². The van der Waals surface area contributed by atoms with Crippen LogP contribution in [0.2, 0.25) is 5.02 Å². The minimum Gasteiger partial charge on any atom is -0.495 e. The van der Waals surface area contributed by atoms with Gasteiger partial charge >= 0.3 is 5.97 Å². The average molecular weight is 394 g/mol. The SMILES string of the molecule is COc1ccc2c(Cc3cc(Cl)cc(C(=O)O)n3)c(-c3ccccc3)nn2c1. The fourth-order valence-electron chi connectivity index (χ4n) is 3.14. The van der Waals surface area contributed by atoms with Crippen LogP contribution in [0, 0.1) is 0 Å². The van der Waals surface area contributed by atoms with E-state index >= 15 is 0 Å². The zero-order valence-electron chi connectivity index (χ0n) is 15.0. The maximum atomic E-state index is 11.3. The molecule has 0 spiro atoms. The van der Waals surface area contributed by atoms with Gasteiger partial charge in [-0.25, -0.2) is 14.3 Å². The number of pyridine rings is 2. The Balaban J connectivity index is 1.89. The number of halogens is 1. The molecule has 0 aliphatic rings. The highest BCUT2D eigenvalue weighted by molar-refractivity contribution is 6.30. The Labute approximate surface area is 166 Å². The molecular weight excluding hydrogens is 378 g/mol. The Hall–Kier alpha value is -3.38. The third kappa shape index (κ3) is 3.42. The highest BCUT2D eigenvalue weighted by Crippen LogP contribution is 2.30. The molecule has 3 aromatic heterocycles. The second kappa shape index (κ2) is 7.32. The first-order valence-corrected chi connectivity index (χ1v) is 8.93. The van der Waals surface area contributed by atoms with Gasteiger partial charge in [-0.05, 0) is 24.3 Å². The molecule has 0 radical (unpaired) electrons. The number of benzene rings is 1. The van der Waals surface area contributed by atoms with E-state index in [1.54, 1.807) is 23.9 Å². The molecule has 1 aromatic carbocycles. The number of hydrogen-bond acceptors (Lipinski definition) is 4. The molecule has 0 bridgehead atoms. The van der Waals surface area contributed by atoms with Crippen LogP contribution < -0.4 is 4.74 Å². The second-order valence-corrected chi connectivity index (χ2v) is 6.67. The first-order chi connectivity index (χ1) is 13.5. The quantitative estimate of drug-likeness (QED) is 0.545. The summed E-state index contributed by atoms with van der Waals surface area (Å²) in [6.07, 6.45) is 2.19. The molecule has 4 aromatic rings. The largest absolute Gasteiger partial charge is 0.495 e. The summed E-state index contributed by atoms with van der Waals surface area (Å²) in [5.41, 5.74) is 4.06. The number of methoxy groups -OCH3 is 1. The van der Waals surface area contributed by atoms with Crippen molar-refractivity contribution in [1.29, 1.82) is 0 Å². The summed E-state index contributed by atoms with van der Waals surface area (Å²) >= 11 is 6.11. The van der Waals surface area contributed by atoms with Crippen molar-refractivity contribution < 1.29 is 14.6 Å². The van der Waals surface area contributed by atoms with Crippen molar-refractivity contribution in [1.82, 2.24) is 14.6 Å². The lowest BCUT2D eigenvalue weighted by Crippen LogP contribution is -2.04. The number of aromatic carboxylic acids is 1. The van der Waals surface area contributed by atoms with Gasteiger partial charge in [-0.3, -0.25) is 0 Å². The zero-order valence-corrected chi connectivity index (χ0v) is 15.7. The maximum absolute atomic E-state index is 11.3. The molecule has 0 saturated carbocycles. The predicted molar refractivity (Wildman–Crippen MR) is 106 cm³/mol. The number of ether oxygens (including phenoxy) is 1. The molecule has 4 rings (SSSR count). The highest BCUT2D eigenvalue weighted by atomic mass is 35.5. The van der Waals surface area contributed by atoms with Crippen molar-refractivity contribution in [2.75, 3.05) is 7.11 Å². The Morgan fingerprint density at radius 3 is 2.68 bits per heavy atom. The van der Waals surface area contributed by atoms with Gasteiger partial charge in [0, 0.05) is 28.3 Å². The Morgan fingerprint density at radius 2 is 1.96 bits per heavy atom. The number of fused-ring (bicyclic) bond motifs is 1. The minimum absolute atomic E-state index is 0.0816. The van der Waals surface area contributed by atoms with Crippen LogP contribution in [-0.4, -0.2) is 32.8 Å². The number of rotatable bonds is 5. The van der Waals surface area contributed by atoms with Crippen molar-refractivity contribution in [2.24, 2.45) is 0 Å². The molecule has 0 fully saturated rings. The van der Waals surface area contributed by atoms with E-state index in [9.17, 15) is 9.90 Å². The van der Waals surface area contributed by atoms with Crippen molar-refractivity contribution in [2.45, 2.75) is 6.42 Å². The van der Waals surface area contributed by atoms with Crippen molar-refractivity contribution in [3.63, 3.8) is 0 Å². The number of hydrogen-bond donors (Lipinski definition) is 1. The van der Waals surface area contributed by atoms with Crippen LogP contribution in [-0.2, 0) is 6.42 Å². The normalized spacial score (nSPS) is 10.9. The maximum Gasteiger partial charge on any atom is 0.354 e. The van der Waals surface area contributed by atoms with Crippen molar-refractivity contribution >= 4 is 23.1 Å². The molecule has 28 heavy (non-hydrogen) atoms. The Bertz CT molecular complexity index is 1170. The van der Waals surface area contributed by atoms with Crippen LogP contribution in [0.1, 0.15) is 21.7 Å². The van der Waals surface area contributed by atoms with Gasteiger partial charge in [-0.15, -0.1) is 0 Å². The van der Waals surface area contributed by atoms with E-state index in [4.69, 9.17) is 21.4 Å². The summed E-state index contributed by atoms with van der Waals surface area (Å²) in [6, 6.07) is 16.6. The molecule has 0 saturated heterocycles. The van der Waals surface area contributed by atoms with Crippen molar-refractivity contribution in [3.05, 3.63) is 82.8 Å². The third-order valence-corrected chi connectivity index (χ3v) is 4.63. The molecule has 0 atom stereocenters. The summed E-state index contributed by atoms with van der Waals surface area (Å²) in [6.45, 7) is 0. The van der Waals surface area contributed by atoms with Crippen LogP contribution >= 0.6 is 11.6 Å². The summed E-state index contributed by atoms with van der Waals surface area (Å²) in [7, 11) is 1.60. The van der Waals surface area contributed by atoms with E-state index in [2.05, 4.69) is 4.98 Å². The van der Waals surface area contributed by atoms with Gasteiger partial charge in [-0.2, -0.15) is 5.10 Å². The van der Waals surface area contributed by atoms with Gasteiger partial charge in [-0.1, -0.05) is 41.9 Å². The third-order valence-electron chi connectivity index (χ3n) is 4.41. The second-order valence-electron chi connectivity index (χ2n) is 6.24. The van der Waals surface area contributed by atoms with Crippen LogP contribution in [0.15, 0.2) is 60.8 Å². The van der Waals surface area contributed by atoms with Gasteiger partial charge in [0.2, 0.25) is 0 Å². The van der Waals surface area contributed by atoms with Crippen LogP contribution in [0.5, 0.6) is 5.75 Å². The summed E-state index contributed by atoms with van der Waals surface area (Å²) in [4.78, 5) is 15.6. The lowest BCUT2D eigenvalue weighted by atomic mass is 10.0. The van der Waals surface area contributed by atoms with Crippen molar-refractivity contribution in [3.8, 4) is 17.0 Å². The molecule has 6 nitrogen and oxygen atoms in total. The molecule has 140 valence electrons. The van der Waals surface area contributed by atoms with Crippen LogP contribution in [0.25, 0.3) is 16.8 Å². The van der Waals surface area contributed by atoms with Gasteiger partial charge in [0.1, 0.15) is 11.4 Å². The number of carbonyl (C=O) groups is 1. The summed E-state index contributed by atoms with van der Waals surface area (Å²) < 4.78 is 7.06. The number of carboxylic acids is 1. The first kappa shape index (κ1) is 18.0. The van der Waals surface area contributed by atoms with E-state index in [1.165, 1.54) is 6.07 Å². The van der Waals surface area contributed by atoms with Gasteiger partial charge < -0.3 is 9.84 Å².